The van der Waals surface area contributed by atoms with Gasteiger partial charge in [0.2, 0.25) is 20.0 Å². The van der Waals surface area contributed by atoms with Gasteiger partial charge in [-0.2, -0.15) is 4.31 Å². The Morgan fingerprint density at radius 2 is 1.29 bits per heavy atom. The highest BCUT2D eigenvalue weighted by Crippen LogP contribution is 2.35. The van der Waals surface area contributed by atoms with Crippen LogP contribution in [0.25, 0.3) is 0 Å². The van der Waals surface area contributed by atoms with E-state index in [1.165, 1.54) is 29.3 Å². The smallest absolute Gasteiger partial charge is 0.275 e. The number of unbranched alkanes of at least 4 members (excludes halogenated alkanes) is 10. The van der Waals surface area contributed by atoms with Gasteiger partial charge in [0.05, 0.1) is 32.7 Å². The number of likely N-dealkylation sites (N-methyl/N-ethyl adjacent to an activating group) is 1. The minimum absolute atomic E-state index is 0.0111. The van der Waals surface area contributed by atoms with Crippen molar-refractivity contribution in [3.05, 3.63) is 79.8 Å². The number of anilines is 2. The van der Waals surface area contributed by atoms with Crippen LogP contribution in [0.2, 0.25) is 15.1 Å². The molecule has 0 bridgehead atoms. The van der Waals surface area contributed by atoms with Gasteiger partial charge in [0, 0.05) is 44.0 Å². The maximum absolute atomic E-state index is 14.3. The van der Waals surface area contributed by atoms with Crippen LogP contribution in [0.1, 0.15) is 120 Å². The van der Waals surface area contributed by atoms with Crippen molar-refractivity contribution in [2.75, 3.05) is 49.2 Å². The molecule has 0 aromatic heterocycles. The maximum atomic E-state index is 14.3. The highest BCUT2D eigenvalue weighted by molar-refractivity contribution is 7.89. The summed E-state index contributed by atoms with van der Waals surface area (Å²) in [6.07, 6.45) is 13.5. The van der Waals surface area contributed by atoms with Crippen LogP contribution in [-0.4, -0.2) is 71.7 Å². The van der Waals surface area contributed by atoms with E-state index in [4.69, 9.17) is 39.8 Å². The molecule has 0 aliphatic rings. The van der Waals surface area contributed by atoms with Gasteiger partial charge in [-0.3, -0.25) is 4.79 Å². The number of halogens is 3. The fourth-order valence-electron chi connectivity index (χ4n) is 6.99. The summed E-state index contributed by atoms with van der Waals surface area (Å²) in [5.41, 5.74) is 4.38. The predicted octanol–water partition coefficient (Wildman–Crippen LogP) is 11.4. The fourth-order valence-corrected chi connectivity index (χ4v) is 10.2. The molecule has 0 spiro atoms. The van der Waals surface area contributed by atoms with Gasteiger partial charge in [0.15, 0.2) is 0 Å². The predicted molar refractivity (Wildman–Crippen MR) is 250 cm³/mol. The lowest BCUT2D eigenvalue weighted by Crippen LogP contribution is -2.34. The summed E-state index contributed by atoms with van der Waals surface area (Å²) in [6, 6.07) is 12.0. The fraction of sp³-hybridized carbons (Fsp3) is 0.545. The Bertz CT molecular complexity index is 2070. The third-order valence-corrected chi connectivity index (χ3v) is 13.9. The Balaban J connectivity index is 1.97. The Labute approximate surface area is 369 Å². The lowest BCUT2D eigenvalue weighted by molar-refractivity contribution is -0.110. The molecule has 10 nitrogen and oxygen atoms in total. The first kappa shape index (κ1) is 50.6. The van der Waals surface area contributed by atoms with Crippen LogP contribution < -0.4 is 14.9 Å². The van der Waals surface area contributed by atoms with Gasteiger partial charge >= 0.3 is 0 Å². The molecule has 0 saturated carbocycles. The van der Waals surface area contributed by atoms with E-state index < -0.39 is 26.0 Å². The Morgan fingerprint density at radius 3 is 1.83 bits per heavy atom. The van der Waals surface area contributed by atoms with Crippen molar-refractivity contribution in [2.45, 2.75) is 123 Å². The minimum atomic E-state index is -4.01. The van der Waals surface area contributed by atoms with E-state index in [0.29, 0.717) is 42.5 Å². The number of carbonyl (C=O) groups excluding carboxylic acids is 1. The molecule has 0 saturated heterocycles. The number of nitrogens with one attached hydrogen (secondary N) is 2. The first-order valence-corrected chi connectivity index (χ1v) is 25.4. The zero-order chi connectivity index (χ0) is 43.8. The topological polar surface area (TPSA) is 128 Å². The standard InChI is InChI=1S/C44H64Cl3N5O5S2/c1-8-11-13-15-17-19-24-52(25-20-18-16-14-12-9-2)59(56,57)41-31-36(45)40(30-37(41)46)50-44(53)43(42-34(6)27-32(4)28-38(42)47)49-39-22-21-35(29-33(39)5)51(10-3)26-23-48-58(7,54)55/h21-22,27-31,48H,8-20,23-26H2,1-7H3,(H,50,53). The van der Waals surface area contributed by atoms with Crippen LogP contribution in [0.4, 0.5) is 17.1 Å². The Kier molecular flexibility index (Phi) is 21.2. The van der Waals surface area contributed by atoms with E-state index in [9.17, 15) is 21.6 Å². The summed E-state index contributed by atoms with van der Waals surface area (Å²) in [4.78, 5) is 21.1. The van der Waals surface area contributed by atoms with Gasteiger partial charge in [-0.1, -0.05) is 119 Å². The van der Waals surface area contributed by atoms with Crippen LogP contribution in [0.3, 0.4) is 0 Å². The van der Waals surface area contributed by atoms with Gasteiger partial charge in [-0.15, -0.1) is 0 Å². The third kappa shape index (κ3) is 15.9. The Hall–Kier alpha value is -2.71. The van der Waals surface area contributed by atoms with Crippen molar-refractivity contribution < 1.29 is 21.6 Å². The normalized spacial score (nSPS) is 12.4. The molecule has 1 amide bonds. The zero-order valence-electron chi connectivity index (χ0n) is 35.9. The molecule has 0 atom stereocenters. The summed E-state index contributed by atoms with van der Waals surface area (Å²) < 4.78 is 55.7. The molecule has 3 aromatic carbocycles. The van der Waals surface area contributed by atoms with E-state index in [1.54, 1.807) is 12.1 Å². The number of rotatable bonds is 26. The quantitative estimate of drug-likeness (QED) is 0.0610. The lowest BCUT2D eigenvalue weighted by atomic mass is 10.00. The summed E-state index contributed by atoms with van der Waals surface area (Å²) >= 11 is 20.4. The molecular weight excluding hydrogens is 849 g/mol. The van der Waals surface area contributed by atoms with Gasteiger partial charge < -0.3 is 10.2 Å². The second-order valence-electron chi connectivity index (χ2n) is 15.3. The van der Waals surface area contributed by atoms with Crippen LogP contribution >= 0.6 is 34.8 Å². The second kappa shape index (κ2) is 24.7. The first-order chi connectivity index (χ1) is 27.9. The first-order valence-electron chi connectivity index (χ1n) is 20.9. The van der Waals surface area contributed by atoms with Crippen molar-refractivity contribution in [3.63, 3.8) is 0 Å². The number of sulfonamides is 2. The van der Waals surface area contributed by atoms with E-state index >= 15 is 0 Å². The molecule has 15 heteroatoms. The largest absolute Gasteiger partial charge is 0.370 e. The zero-order valence-corrected chi connectivity index (χ0v) is 39.8. The summed E-state index contributed by atoms with van der Waals surface area (Å²) in [7, 11) is -7.33. The van der Waals surface area contributed by atoms with Crippen LogP contribution in [0.5, 0.6) is 0 Å². The SMILES string of the molecule is CCCCCCCCN(CCCCCCCC)S(=O)(=O)c1cc(Cl)c(NC(=O)C(=Nc2ccc(N(CC)CCNS(C)(=O)=O)cc2C)c2c(C)cc(C)cc2Cl)cc1Cl. The number of nitrogens with zero attached hydrogens (tertiary/aromatic N) is 3. The van der Waals surface area contributed by atoms with E-state index in [1.807, 2.05) is 50.8 Å². The highest BCUT2D eigenvalue weighted by atomic mass is 35.5. The molecular formula is C44H64Cl3N5O5S2. The molecule has 0 heterocycles. The lowest BCUT2D eigenvalue weighted by Gasteiger charge is -2.24. The van der Waals surface area contributed by atoms with Crippen molar-refractivity contribution in [2.24, 2.45) is 4.99 Å². The minimum Gasteiger partial charge on any atom is -0.370 e. The number of aryl methyl sites for hydroxylation is 3. The van der Waals surface area contributed by atoms with Gasteiger partial charge in [-0.25, -0.2) is 26.6 Å². The molecule has 3 aromatic rings. The van der Waals surface area contributed by atoms with Gasteiger partial charge in [0.25, 0.3) is 5.91 Å². The maximum Gasteiger partial charge on any atom is 0.275 e. The number of benzene rings is 3. The number of aliphatic imine (C=N–C) groups is 1. The molecule has 3 rings (SSSR count). The summed E-state index contributed by atoms with van der Waals surface area (Å²) in [6.45, 7) is 14.1. The number of hydrogen-bond donors (Lipinski definition) is 2. The molecule has 2 N–H and O–H groups in total. The van der Waals surface area contributed by atoms with Crippen molar-refractivity contribution in [1.82, 2.24) is 9.03 Å². The van der Waals surface area contributed by atoms with Crippen molar-refractivity contribution in [3.8, 4) is 0 Å². The molecule has 328 valence electrons. The average Bonchev–Trinajstić information content (AvgIpc) is 3.15. The molecule has 0 unspecified atom stereocenters. The highest BCUT2D eigenvalue weighted by Gasteiger charge is 2.29. The van der Waals surface area contributed by atoms with Gasteiger partial charge in [-0.05, 0) is 93.6 Å². The van der Waals surface area contributed by atoms with E-state index in [2.05, 4.69) is 23.9 Å². The van der Waals surface area contributed by atoms with Crippen LogP contribution in [0, 0.1) is 20.8 Å². The van der Waals surface area contributed by atoms with E-state index in [-0.39, 0.29) is 32.9 Å². The van der Waals surface area contributed by atoms with Gasteiger partial charge in [0.1, 0.15) is 10.6 Å². The monoisotopic (exact) mass is 911 g/mol. The van der Waals surface area contributed by atoms with Crippen LogP contribution in [0.15, 0.2) is 52.4 Å². The van der Waals surface area contributed by atoms with Crippen molar-refractivity contribution in [1.29, 1.82) is 0 Å². The van der Waals surface area contributed by atoms with Crippen molar-refractivity contribution >= 4 is 83.5 Å². The second-order valence-corrected chi connectivity index (χ2v) is 20.2. The Morgan fingerprint density at radius 1 is 0.695 bits per heavy atom. The molecule has 0 aliphatic heterocycles. The van der Waals surface area contributed by atoms with Crippen LogP contribution in [-0.2, 0) is 24.8 Å². The molecule has 59 heavy (non-hydrogen) atoms. The molecule has 0 radical (unpaired) electrons. The number of amides is 1. The molecule has 0 aliphatic carbocycles. The number of carbonyl (C=O) groups is 1. The van der Waals surface area contributed by atoms with E-state index in [0.717, 1.165) is 92.8 Å². The third-order valence-electron chi connectivity index (χ3n) is 10.2. The average molecular weight is 914 g/mol. The molecule has 0 fully saturated rings. The summed E-state index contributed by atoms with van der Waals surface area (Å²) in [5.74, 6) is -0.620. The number of hydrogen-bond acceptors (Lipinski definition) is 7. The summed E-state index contributed by atoms with van der Waals surface area (Å²) in [5, 5.41) is 3.13.